The molecule has 3 heteroatoms. The molecule has 2 aromatic carbocycles. The lowest BCUT2D eigenvalue weighted by atomic mass is 10.0. The highest BCUT2D eigenvalue weighted by atomic mass is 19.1. The summed E-state index contributed by atoms with van der Waals surface area (Å²) >= 11 is 0. The number of ether oxygens (including phenoxy) is 1. The molecule has 0 aromatic heterocycles. The van der Waals surface area contributed by atoms with Crippen LogP contribution in [0.15, 0.2) is 42.5 Å². The summed E-state index contributed by atoms with van der Waals surface area (Å²) in [5.74, 6) is -0.527. The van der Waals surface area contributed by atoms with Crippen molar-refractivity contribution in [2.75, 3.05) is 0 Å². The number of aryl methyl sites for hydroxylation is 2. The molecule has 0 saturated carbocycles. The first-order valence-corrected chi connectivity index (χ1v) is 6.51. The number of para-hydroxylation sites is 1. The van der Waals surface area contributed by atoms with Gasteiger partial charge in [-0.1, -0.05) is 24.3 Å². The monoisotopic (exact) mass is 272 g/mol. The van der Waals surface area contributed by atoms with Crippen molar-refractivity contribution in [3.63, 3.8) is 0 Å². The molecule has 104 valence electrons. The number of Topliss-reactive ketones (excluding diaryl/α,β-unsaturated/α-hetero) is 1. The molecule has 20 heavy (non-hydrogen) atoms. The molecule has 0 saturated heterocycles. The van der Waals surface area contributed by atoms with Gasteiger partial charge in [-0.15, -0.1) is 0 Å². The van der Waals surface area contributed by atoms with Gasteiger partial charge in [0, 0.05) is 5.56 Å². The van der Waals surface area contributed by atoms with E-state index in [-0.39, 0.29) is 11.5 Å². The minimum atomic E-state index is -0.728. The predicted octanol–water partition coefficient (Wildman–Crippen LogP) is 4.09. The van der Waals surface area contributed by atoms with Gasteiger partial charge in [-0.25, -0.2) is 4.39 Å². The molecule has 0 aliphatic heterocycles. The first-order valence-electron chi connectivity index (χ1n) is 6.51. The van der Waals surface area contributed by atoms with Crippen LogP contribution < -0.4 is 4.74 Å². The van der Waals surface area contributed by atoms with Crippen molar-refractivity contribution in [2.24, 2.45) is 0 Å². The average Bonchev–Trinajstić information content (AvgIpc) is 2.43. The number of carbonyl (C=O) groups excluding carboxylic acids is 1. The number of halogens is 1. The summed E-state index contributed by atoms with van der Waals surface area (Å²) in [6, 6.07) is 11.6. The number of hydrogen-bond donors (Lipinski definition) is 0. The smallest absolute Gasteiger partial charge is 0.203 e. The highest BCUT2D eigenvalue weighted by Gasteiger charge is 2.18. The van der Waals surface area contributed by atoms with E-state index in [2.05, 4.69) is 0 Å². The van der Waals surface area contributed by atoms with Crippen LogP contribution in [-0.2, 0) is 0 Å². The molecule has 1 atom stereocenters. The van der Waals surface area contributed by atoms with Crippen LogP contribution in [0.2, 0.25) is 0 Å². The minimum absolute atomic E-state index is 0.0946. The maximum absolute atomic E-state index is 13.5. The van der Waals surface area contributed by atoms with E-state index < -0.39 is 11.9 Å². The van der Waals surface area contributed by atoms with Gasteiger partial charge in [-0.3, -0.25) is 4.79 Å². The van der Waals surface area contributed by atoms with E-state index in [0.29, 0.717) is 5.56 Å². The fourth-order valence-corrected chi connectivity index (χ4v) is 1.91. The quantitative estimate of drug-likeness (QED) is 0.783. The van der Waals surface area contributed by atoms with Crippen LogP contribution in [0.3, 0.4) is 0 Å². The molecule has 0 heterocycles. The largest absolute Gasteiger partial charge is 0.479 e. The second-order valence-electron chi connectivity index (χ2n) is 4.85. The summed E-state index contributed by atoms with van der Waals surface area (Å²) < 4.78 is 18.9. The highest BCUT2D eigenvalue weighted by Crippen LogP contribution is 2.19. The van der Waals surface area contributed by atoms with Gasteiger partial charge in [0.2, 0.25) is 5.78 Å². The van der Waals surface area contributed by atoms with Crippen LogP contribution >= 0.6 is 0 Å². The van der Waals surface area contributed by atoms with E-state index in [1.165, 1.54) is 12.1 Å². The number of benzene rings is 2. The third kappa shape index (κ3) is 3.05. The van der Waals surface area contributed by atoms with E-state index in [9.17, 15) is 9.18 Å². The topological polar surface area (TPSA) is 26.3 Å². The van der Waals surface area contributed by atoms with Crippen molar-refractivity contribution in [1.29, 1.82) is 0 Å². The molecule has 0 bridgehead atoms. The Morgan fingerprint density at radius 3 is 2.45 bits per heavy atom. The van der Waals surface area contributed by atoms with Crippen molar-refractivity contribution in [3.05, 3.63) is 65.0 Å². The van der Waals surface area contributed by atoms with E-state index in [0.717, 1.165) is 11.1 Å². The summed E-state index contributed by atoms with van der Waals surface area (Å²) in [4.78, 5) is 12.3. The Bertz CT molecular complexity index is 635. The average molecular weight is 272 g/mol. The van der Waals surface area contributed by atoms with Crippen molar-refractivity contribution in [3.8, 4) is 5.75 Å². The van der Waals surface area contributed by atoms with E-state index >= 15 is 0 Å². The molecule has 2 aromatic rings. The van der Waals surface area contributed by atoms with Gasteiger partial charge in [0.15, 0.2) is 17.7 Å². The zero-order valence-corrected chi connectivity index (χ0v) is 11.8. The molecular formula is C17H17FO2. The third-order valence-electron chi connectivity index (χ3n) is 3.30. The Balaban J connectivity index is 2.16. The summed E-state index contributed by atoms with van der Waals surface area (Å²) in [7, 11) is 0. The van der Waals surface area contributed by atoms with E-state index in [4.69, 9.17) is 4.74 Å². The summed E-state index contributed by atoms with van der Waals surface area (Å²) in [5, 5.41) is 0. The second kappa shape index (κ2) is 5.87. The van der Waals surface area contributed by atoms with Gasteiger partial charge < -0.3 is 4.74 Å². The third-order valence-corrected chi connectivity index (χ3v) is 3.30. The van der Waals surface area contributed by atoms with Crippen LogP contribution in [0.4, 0.5) is 4.39 Å². The predicted molar refractivity (Wildman–Crippen MR) is 76.7 cm³/mol. The number of carbonyl (C=O) groups is 1. The molecule has 2 rings (SSSR count). The van der Waals surface area contributed by atoms with Gasteiger partial charge in [0.25, 0.3) is 0 Å². The normalized spacial score (nSPS) is 12.0. The van der Waals surface area contributed by atoms with Gasteiger partial charge in [-0.2, -0.15) is 0 Å². The SMILES string of the molecule is Cc1ccc(C(=O)C(C)Oc2ccccc2F)cc1C. The molecule has 0 amide bonds. The van der Waals surface area contributed by atoms with Crippen molar-refractivity contribution in [2.45, 2.75) is 26.9 Å². The second-order valence-corrected chi connectivity index (χ2v) is 4.85. The molecule has 0 spiro atoms. The van der Waals surface area contributed by atoms with E-state index in [1.54, 1.807) is 25.1 Å². The Labute approximate surface area is 118 Å². The van der Waals surface area contributed by atoms with Crippen LogP contribution in [0.5, 0.6) is 5.75 Å². The van der Waals surface area contributed by atoms with Gasteiger partial charge >= 0.3 is 0 Å². The molecule has 0 radical (unpaired) electrons. The van der Waals surface area contributed by atoms with Crippen LogP contribution in [0, 0.1) is 19.7 Å². The van der Waals surface area contributed by atoms with Crippen LogP contribution in [0.25, 0.3) is 0 Å². The number of ketones is 1. The van der Waals surface area contributed by atoms with Crippen LogP contribution in [-0.4, -0.2) is 11.9 Å². The minimum Gasteiger partial charge on any atom is -0.479 e. The number of hydrogen-bond acceptors (Lipinski definition) is 2. The number of rotatable bonds is 4. The summed E-state index contributed by atoms with van der Waals surface area (Å²) in [6.07, 6.45) is -0.728. The molecule has 0 aliphatic carbocycles. The summed E-state index contributed by atoms with van der Waals surface area (Å²) in [5.41, 5.74) is 2.76. The lowest BCUT2D eigenvalue weighted by molar-refractivity contribution is 0.0812. The molecule has 0 fully saturated rings. The maximum Gasteiger partial charge on any atom is 0.203 e. The highest BCUT2D eigenvalue weighted by molar-refractivity contribution is 5.99. The molecule has 2 nitrogen and oxygen atoms in total. The van der Waals surface area contributed by atoms with E-state index in [1.807, 2.05) is 26.0 Å². The molecular weight excluding hydrogens is 255 g/mol. The Morgan fingerprint density at radius 1 is 1.10 bits per heavy atom. The molecule has 1 unspecified atom stereocenters. The van der Waals surface area contributed by atoms with Crippen molar-refractivity contribution < 1.29 is 13.9 Å². The first-order chi connectivity index (χ1) is 9.49. The molecule has 0 aliphatic rings. The maximum atomic E-state index is 13.5. The van der Waals surface area contributed by atoms with Crippen molar-refractivity contribution in [1.82, 2.24) is 0 Å². The summed E-state index contributed by atoms with van der Waals surface area (Å²) in [6.45, 7) is 5.57. The Kier molecular flexibility index (Phi) is 4.18. The van der Waals surface area contributed by atoms with Crippen LogP contribution in [0.1, 0.15) is 28.4 Å². The lowest BCUT2D eigenvalue weighted by Gasteiger charge is -2.14. The standard InChI is InChI=1S/C17H17FO2/c1-11-8-9-14(10-12(11)2)17(19)13(3)20-16-7-5-4-6-15(16)18/h4-10,13H,1-3H3. The fraction of sp³-hybridized carbons (Fsp3) is 0.235. The zero-order valence-electron chi connectivity index (χ0n) is 11.8. The van der Waals surface area contributed by atoms with Gasteiger partial charge in [0.05, 0.1) is 0 Å². The van der Waals surface area contributed by atoms with Gasteiger partial charge in [0.1, 0.15) is 0 Å². The fourth-order valence-electron chi connectivity index (χ4n) is 1.91. The lowest BCUT2D eigenvalue weighted by Crippen LogP contribution is -2.24. The zero-order chi connectivity index (χ0) is 14.7. The molecule has 0 N–H and O–H groups in total. The Morgan fingerprint density at radius 2 is 1.80 bits per heavy atom. The van der Waals surface area contributed by atoms with Gasteiger partial charge in [-0.05, 0) is 50.1 Å². The Hall–Kier alpha value is -2.16. The van der Waals surface area contributed by atoms with Crippen molar-refractivity contribution >= 4 is 5.78 Å². The first kappa shape index (κ1) is 14.3.